The van der Waals surface area contributed by atoms with Gasteiger partial charge in [0.05, 0.1) is 23.8 Å². The molecule has 1 atom stereocenters. The Balaban J connectivity index is 1.81. The summed E-state index contributed by atoms with van der Waals surface area (Å²) in [7, 11) is 3.09. The fourth-order valence-electron chi connectivity index (χ4n) is 3.11. The van der Waals surface area contributed by atoms with Crippen LogP contribution < -0.4 is 10.1 Å². The number of amides is 2. The van der Waals surface area contributed by atoms with Crippen LogP contribution in [0.25, 0.3) is 0 Å². The highest BCUT2D eigenvalue weighted by Gasteiger charge is 2.35. The lowest BCUT2D eigenvalue weighted by Crippen LogP contribution is -2.46. The molecule has 0 aromatic heterocycles. The second-order valence-electron chi connectivity index (χ2n) is 6.89. The van der Waals surface area contributed by atoms with Gasteiger partial charge < -0.3 is 24.4 Å². The van der Waals surface area contributed by atoms with E-state index in [0.29, 0.717) is 28.1 Å². The van der Waals surface area contributed by atoms with Crippen molar-refractivity contribution < 1.29 is 28.6 Å². The Morgan fingerprint density at radius 1 is 1.00 bits per heavy atom. The van der Waals surface area contributed by atoms with Crippen LogP contribution >= 0.6 is 0 Å². The molecule has 0 radical (unpaired) electrons. The van der Waals surface area contributed by atoms with Gasteiger partial charge in [0, 0.05) is 19.9 Å². The van der Waals surface area contributed by atoms with Gasteiger partial charge in [0.25, 0.3) is 0 Å². The lowest BCUT2D eigenvalue weighted by atomic mass is 9.95. The Hall–Kier alpha value is -3.65. The molecule has 31 heavy (non-hydrogen) atoms. The van der Waals surface area contributed by atoms with Crippen LogP contribution in [0.1, 0.15) is 28.9 Å². The maximum absolute atomic E-state index is 12.7. The van der Waals surface area contributed by atoms with E-state index in [2.05, 4.69) is 5.32 Å². The molecule has 1 aliphatic heterocycles. The molecule has 1 aliphatic rings. The number of carbonyl (C=O) groups is 3. The van der Waals surface area contributed by atoms with E-state index in [-0.39, 0.29) is 19.2 Å². The second kappa shape index (κ2) is 9.90. The number of nitrogens with zero attached hydrogens (tertiary/aromatic N) is 1. The Labute approximate surface area is 180 Å². The zero-order valence-corrected chi connectivity index (χ0v) is 17.6. The summed E-state index contributed by atoms with van der Waals surface area (Å²) in [5.41, 5.74) is 1.91. The normalized spacial score (nSPS) is 16.0. The number of methoxy groups -OCH3 is 1. The van der Waals surface area contributed by atoms with E-state index in [1.54, 1.807) is 62.5 Å². The van der Waals surface area contributed by atoms with Gasteiger partial charge in [-0.25, -0.2) is 14.4 Å². The fourth-order valence-corrected chi connectivity index (χ4v) is 3.11. The predicted octanol–water partition coefficient (Wildman–Crippen LogP) is 3.07. The Bertz CT molecular complexity index is 985. The lowest BCUT2D eigenvalue weighted by Gasteiger charge is -2.33. The molecular formula is C23H24N2O6. The quantitative estimate of drug-likeness (QED) is 0.417. The first kappa shape index (κ1) is 22.0. The number of ether oxygens (including phenoxy) is 3. The molecule has 0 saturated carbocycles. The van der Waals surface area contributed by atoms with Gasteiger partial charge in [-0.1, -0.05) is 30.3 Å². The minimum Gasteiger partial charge on any atom is -0.460 e. The van der Waals surface area contributed by atoms with Crippen LogP contribution in [0.15, 0.2) is 65.9 Å². The Morgan fingerprint density at radius 2 is 1.68 bits per heavy atom. The molecule has 162 valence electrons. The van der Waals surface area contributed by atoms with Crippen LogP contribution in [0, 0.1) is 0 Å². The summed E-state index contributed by atoms with van der Waals surface area (Å²) in [5, 5.41) is 2.81. The lowest BCUT2D eigenvalue weighted by molar-refractivity contribution is -0.140. The molecule has 8 heteroatoms. The number of benzene rings is 2. The highest BCUT2D eigenvalue weighted by molar-refractivity contribution is 5.95. The Morgan fingerprint density at radius 3 is 2.32 bits per heavy atom. The zero-order chi connectivity index (χ0) is 22.4. The molecule has 0 aliphatic carbocycles. The summed E-state index contributed by atoms with van der Waals surface area (Å²) in [4.78, 5) is 38.6. The molecule has 0 spiro atoms. The van der Waals surface area contributed by atoms with Crippen LogP contribution in [0.2, 0.25) is 0 Å². The van der Waals surface area contributed by atoms with Crippen molar-refractivity contribution in [2.45, 2.75) is 13.0 Å². The third-order valence-corrected chi connectivity index (χ3v) is 4.93. The molecule has 0 bridgehead atoms. The molecule has 0 saturated heterocycles. The summed E-state index contributed by atoms with van der Waals surface area (Å²) < 4.78 is 15.6. The molecule has 8 nitrogen and oxygen atoms in total. The Kier molecular flexibility index (Phi) is 7.04. The first-order chi connectivity index (χ1) is 14.9. The van der Waals surface area contributed by atoms with Crippen molar-refractivity contribution in [1.82, 2.24) is 10.2 Å². The minimum atomic E-state index is -0.697. The van der Waals surface area contributed by atoms with Crippen LogP contribution in [0.3, 0.4) is 0 Å². The predicted molar refractivity (Wildman–Crippen MR) is 112 cm³/mol. The van der Waals surface area contributed by atoms with Crippen LogP contribution in [-0.2, 0) is 14.3 Å². The molecule has 1 unspecified atom stereocenters. The third kappa shape index (κ3) is 5.10. The van der Waals surface area contributed by atoms with Gasteiger partial charge in [0.1, 0.15) is 12.4 Å². The van der Waals surface area contributed by atoms with Crippen molar-refractivity contribution in [3.63, 3.8) is 0 Å². The monoisotopic (exact) mass is 424 g/mol. The largest absolute Gasteiger partial charge is 0.460 e. The minimum absolute atomic E-state index is 0.102. The third-order valence-electron chi connectivity index (χ3n) is 4.93. The van der Waals surface area contributed by atoms with Crippen molar-refractivity contribution in [2.24, 2.45) is 0 Å². The van der Waals surface area contributed by atoms with E-state index in [1.165, 1.54) is 12.0 Å². The van der Waals surface area contributed by atoms with Crippen molar-refractivity contribution in [3.8, 4) is 5.75 Å². The van der Waals surface area contributed by atoms with Crippen molar-refractivity contribution >= 4 is 18.0 Å². The summed E-state index contributed by atoms with van der Waals surface area (Å²) in [6, 6.07) is 14.2. The number of urea groups is 1. The van der Waals surface area contributed by atoms with E-state index in [0.717, 1.165) is 0 Å². The van der Waals surface area contributed by atoms with Crippen molar-refractivity contribution in [1.29, 1.82) is 0 Å². The van der Waals surface area contributed by atoms with E-state index >= 15 is 0 Å². The van der Waals surface area contributed by atoms with E-state index in [4.69, 9.17) is 14.2 Å². The molecular weight excluding hydrogens is 400 g/mol. The highest BCUT2D eigenvalue weighted by atomic mass is 16.6. The number of rotatable bonds is 7. The number of nitrogens with one attached hydrogen (secondary N) is 1. The SMILES string of the molecule is COCCOC(=O)C1=C(C)N(C)C(=O)NC1c1ccc(OC(=O)c2ccccc2)cc1. The molecule has 2 aromatic rings. The van der Waals surface area contributed by atoms with Crippen molar-refractivity contribution in [2.75, 3.05) is 27.4 Å². The van der Waals surface area contributed by atoms with E-state index in [1.807, 2.05) is 6.07 Å². The topological polar surface area (TPSA) is 94.2 Å². The smallest absolute Gasteiger partial charge is 0.343 e. The average molecular weight is 424 g/mol. The maximum atomic E-state index is 12.7. The molecule has 2 amide bonds. The van der Waals surface area contributed by atoms with Crippen molar-refractivity contribution in [3.05, 3.63) is 77.0 Å². The van der Waals surface area contributed by atoms with Gasteiger partial charge in [-0.3, -0.25) is 0 Å². The van der Waals surface area contributed by atoms with Crippen LogP contribution in [-0.4, -0.2) is 50.2 Å². The van der Waals surface area contributed by atoms with E-state index < -0.39 is 18.0 Å². The first-order valence-corrected chi connectivity index (χ1v) is 9.70. The highest BCUT2D eigenvalue weighted by Crippen LogP contribution is 2.31. The maximum Gasteiger partial charge on any atom is 0.343 e. The molecule has 3 rings (SSSR count). The number of hydrogen-bond donors (Lipinski definition) is 1. The number of allylic oxidation sites excluding steroid dienone is 1. The summed E-state index contributed by atoms with van der Waals surface area (Å²) >= 11 is 0. The molecule has 1 heterocycles. The molecule has 1 N–H and O–H groups in total. The molecule has 2 aromatic carbocycles. The van der Waals surface area contributed by atoms with Gasteiger partial charge in [0.2, 0.25) is 0 Å². The number of esters is 2. The summed E-state index contributed by atoms with van der Waals surface area (Å²) in [6.07, 6.45) is 0. The fraction of sp³-hybridized carbons (Fsp3) is 0.261. The van der Waals surface area contributed by atoms with Gasteiger partial charge >= 0.3 is 18.0 Å². The zero-order valence-electron chi connectivity index (χ0n) is 17.6. The van der Waals surface area contributed by atoms with Gasteiger partial charge in [0.15, 0.2) is 0 Å². The van der Waals surface area contributed by atoms with Gasteiger partial charge in [-0.2, -0.15) is 0 Å². The van der Waals surface area contributed by atoms with Crippen LogP contribution in [0.5, 0.6) is 5.75 Å². The number of hydrogen-bond acceptors (Lipinski definition) is 6. The summed E-state index contributed by atoms with van der Waals surface area (Å²) in [5.74, 6) is -0.660. The van der Waals surface area contributed by atoms with Crippen LogP contribution in [0.4, 0.5) is 4.79 Å². The molecule has 0 fully saturated rings. The van der Waals surface area contributed by atoms with Gasteiger partial charge in [-0.15, -0.1) is 0 Å². The van der Waals surface area contributed by atoms with Gasteiger partial charge in [-0.05, 0) is 36.8 Å². The second-order valence-corrected chi connectivity index (χ2v) is 6.89. The summed E-state index contributed by atoms with van der Waals surface area (Å²) in [6.45, 7) is 2.06. The van der Waals surface area contributed by atoms with E-state index in [9.17, 15) is 14.4 Å². The first-order valence-electron chi connectivity index (χ1n) is 9.70. The number of carbonyl (C=O) groups excluding carboxylic acids is 3. The average Bonchev–Trinajstić information content (AvgIpc) is 2.78. The standard InChI is InChI=1S/C23H24N2O6/c1-15-19(22(27)30-14-13-29-3)20(24-23(28)25(15)2)16-9-11-18(12-10-16)31-21(26)17-7-5-4-6-8-17/h4-12,20H,13-14H2,1-3H3,(H,24,28).